The molecule has 0 aliphatic carbocycles. The molecule has 4 nitrogen and oxygen atoms in total. The summed E-state index contributed by atoms with van der Waals surface area (Å²) in [6, 6.07) is 13.5. The van der Waals surface area contributed by atoms with Crippen molar-refractivity contribution < 1.29 is 9.53 Å². The van der Waals surface area contributed by atoms with Crippen molar-refractivity contribution in [1.29, 1.82) is 0 Å². The van der Waals surface area contributed by atoms with E-state index in [0.717, 1.165) is 16.8 Å². The summed E-state index contributed by atoms with van der Waals surface area (Å²) in [5.74, 6) is 0.734. The summed E-state index contributed by atoms with van der Waals surface area (Å²) in [4.78, 5) is 14.4. The molecule has 116 valence electrons. The number of ether oxygens (including phenoxy) is 1. The highest BCUT2D eigenvalue weighted by atomic mass is 16.5. The lowest BCUT2D eigenvalue weighted by atomic mass is 10.0. The first-order valence-corrected chi connectivity index (χ1v) is 7.20. The van der Waals surface area contributed by atoms with Crippen LogP contribution in [0, 0.1) is 0 Å². The van der Waals surface area contributed by atoms with Crippen LogP contribution in [-0.4, -0.2) is 27.0 Å². The molecule has 0 bridgehead atoms. The summed E-state index contributed by atoms with van der Waals surface area (Å²) in [5, 5.41) is 0. The minimum Gasteiger partial charge on any atom is -0.494 e. The van der Waals surface area contributed by atoms with E-state index in [1.54, 1.807) is 13.2 Å². The summed E-state index contributed by atoms with van der Waals surface area (Å²) in [5.41, 5.74) is 9.36. The van der Waals surface area contributed by atoms with E-state index in [1.165, 1.54) is 0 Å². The van der Waals surface area contributed by atoms with Crippen LogP contribution >= 0.6 is 0 Å². The molecule has 0 aliphatic rings. The Morgan fingerprint density at radius 3 is 2.55 bits per heavy atom. The van der Waals surface area contributed by atoms with Crippen molar-refractivity contribution in [2.24, 2.45) is 0 Å². The molecule has 0 aliphatic heterocycles. The first kappa shape index (κ1) is 15.9. The number of nitrogens with two attached hydrogens (primary N) is 1. The van der Waals surface area contributed by atoms with Gasteiger partial charge in [-0.25, -0.2) is 0 Å². The number of benzene rings is 2. The van der Waals surface area contributed by atoms with E-state index >= 15 is 0 Å². The fourth-order valence-corrected chi connectivity index (χ4v) is 2.44. The van der Waals surface area contributed by atoms with Gasteiger partial charge in [0, 0.05) is 38.2 Å². The molecule has 22 heavy (non-hydrogen) atoms. The molecule has 0 radical (unpaired) electrons. The Bertz CT molecular complexity index is 666. The van der Waals surface area contributed by atoms with E-state index in [4.69, 9.17) is 10.5 Å². The highest BCUT2D eigenvalue weighted by Gasteiger charge is 2.12. The molecule has 0 aromatic heterocycles. The Balaban J connectivity index is 2.11. The van der Waals surface area contributed by atoms with E-state index in [2.05, 4.69) is 0 Å². The summed E-state index contributed by atoms with van der Waals surface area (Å²) < 4.78 is 5.29. The Hall–Kier alpha value is -2.49. The Kier molecular flexibility index (Phi) is 5.04. The number of nitrogens with zero attached hydrogens (tertiary/aromatic N) is 1. The normalized spacial score (nSPS) is 10.3. The first-order valence-electron chi connectivity index (χ1n) is 7.20. The number of nitrogen functional groups attached to an aromatic ring is 1. The number of Topliss-reactive ketones (excluding diaryl/α,β-unsaturated/α-hetero) is 1. The smallest absolute Gasteiger partial charge is 0.145 e. The van der Waals surface area contributed by atoms with Gasteiger partial charge in [0.1, 0.15) is 11.5 Å². The van der Waals surface area contributed by atoms with Crippen LogP contribution in [0.3, 0.4) is 0 Å². The molecule has 0 saturated heterocycles. The molecule has 2 rings (SSSR count). The van der Waals surface area contributed by atoms with Gasteiger partial charge >= 0.3 is 0 Å². The molecule has 0 spiro atoms. The fourth-order valence-electron chi connectivity index (χ4n) is 2.44. The summed E-state index contributed by atoms with van der Waals surface area (Å²) in [7, 11) is 5.54. The van der Waals surface area contributed by atoms with E-state index < -0.39 is 0 Å². The lowest BCUT2D eigenvalue weighted by molar-refractivity contribution is -0.117. The number of rotatable bonds is 6. The number of carbonyl (C=O) groups excluding carboxylic acids is 1. The Morgan fingerprint density at radius 1 is 1.14 bits per heavy atom. The number of ketones is 1. The number of hydrogen-bond acceptors (Lipinski definition) is 4. The topological polar surface area (TPSA) is 55.6 Å². The predicted molar refractivity (Wildman–Crippen MR) is 90.6 cm³/mol. The highest BCUT2D eigenvalue weighted by Crippen LogP contribution is 2.26. The molecule has 2 N–H and O–H groups in total. The van der Waals surface area contributed by atoms with Crippen LogP contribution in [0.15, 0.2) is 42.5 Å². The van der Waals surface area contributed by atoms with Gasteiger partial charge in [0.15, 0.2) is 0 Å². The molecule has 2 aromatic rings. The number of carbonyl (C=O) groups is 1. The zero-order valence-corrected chi connectivity index (χ0v) is 13.3. The van der Waals surface area contributed by atoms with Gasteiger partial charge < -0.3 is 15.4 Å². The lowest BCUT2D eigenvalue weighted by Gasteiger charge is -2.14. The van der Waals surface area contributed by atoms with Crippen molar-refractivity contribution in [1.82, 2.24) is 0 Å². The molecule has 0 fully saturated rings. The maximum atomic E-state index is 12.3. The van der Waals surface area contributed by atoms with Crippen LogP contribution in [-0.2, 0) is 17.6 Å². The van der Waals surface area contributed by atoms with Crippen molar-refractivity contribution in [3.8, 4) is 5.75 Å². The van der Waals surface area contributed by atoms with Crippen LogP contribution in [0.25, 0.3) is 0 Å². The highest BCUT2D eigenvalue weighted by molar-refractivity contribution is 5.84. The van der Waals surface area contributed by atoms with Crippen molar-refractivity contribution >= 4 is 17.2 Å². The van der Waals surface area contributed by atoms with Gasteiger partial charge in [-0.15, -0.1) is 0 Å². The average Bonchev–Trinajstić information content (AvgIpc) is 2.47. The number of anilines is 2. The van der Waals surface area contributed by atoms with Crippen molar-refractivity contribution in [3.05, 3.63) is 53.6 Å². The van der Waals surface area contributed by atoms with Gasteiger partial charge in [0.25, 0.3) is 0 Å². The minimum atomic E-state index is 0.139. The summed E-state index contributed by atoms with van der Waals surface area (Å²) in [6.07, 6.45) is 0.722. The molecule has 4 heteroatoms. The van der Waals surface area contributed by atoms with Crippen molar-refractivity contribution in [3.63, 3.8) is 0 Å². The van der Waals surface area contributed by atoms with Gasteiger partial charge in [-0.1, -0.05) is 24.3 Å². The Labute approximate surface area is 131 Å². The largest absolute Gasteiger partial charge is 0.494 e. The van der Waals surface area contributed by atoms with E-state index in [9.17, 15) is 4.79 Å². The van der Waals surface area contributed by atoms with Gasteiger partial charge in [-0.05, 0) is 23.8 Å². The minimum absolute atomic E-state index is 0.139. The second-order valence-electron chi connectivity index (χ2n) is 5.50. The lowest BCUT2D eigenvalue weighted by Crippen LogP contribution is -2.11. The zero-order valence-electron chi connectivity index (χ0n) is 13.3. The molecule has 2 aromatic carbocycles. The number of methoxy groups -OCH3 is 1. The first-order chi connectivity index (χ1) is 10.5. The molecule has 0 amide bonds. The van der Waals surface area contributed by atoms with Gasteiger partial charge in [0.05, 0.1) is 12.8 Å². The molecule has 0 atom stereocenters. The Morgan fingerprint density at radius 2 is 1.86 bits per heavy atom. The van der Waals surface area contributed by atoms with Crippen LogP contribution in [0.4, 0.5) is 11.4 Å². The molecule has 0 saturated carbocycles. The van der Waals surface area contributed by atoms with Gasteiger partial charge in [0.2, 0.25) is 0 Å². The SMILES string of the molecule is COc1c(N)cccc1CC(=O)Cc1cccc(N(C)C)c1. The molecular weight excluding hydrogens is 276 g/mol. The monoisotopic (exact) mass is 298 g/mol. The van der Waals surface area contributed by atoms with Crippen LogP contribution in [0.2, 0.25) is 0 Å². The van der Waals surface area contributed by atoms with Gasteiger partial charge in [-0.2, -0.15) is 0 Å². The van der Waals surface area contributed by atoms with Crippen molar-refractivity contribution in [2.75, 3.05) is 31.8 Å². The number of hydrogen-bond donors (Lipinski definition) is 1. The second kappa shape index (κ2) is 6.98. The molecular formula is C18H22N2O2. The summed E-state index contributed by atoms with van der Waals surface area (Å²) >= 11 is 0. The zero-order chi connectivity index (χ0) is 16.1. The van der Waals surface area contributed by atoms with E-state index in [0.29, 0.717) is 24.3 Å². The predicted octanol–water partition coefficient (Wildman–Crippen LogP) is 2.70. The fraction of sp³-hybridized carbons (Fsp3) is 0.278. The third-order valence-electron chi connectivity index (χ3n) is 3.55. The average molecular weight is 298 g/mol. The van der Waals surface area contributed by atoms with Crippen LogP contribution in [0.1, 0.15) is 11.1 Å². The van der Waals surface area contributed by atoms with E-state index in [-0.39, 0.29) is 5.78 Å². The van der Waals surface area contributed by atoms with Crippen LogP contribution < -0.4 is 15.4 Å². The summed E-state index contributed by atoms with van der Waals surface area (Å²) in [6.45, 7) is 0. The standard InChI is InChI=1S/C18H22N2O2/c1-20(2)15-8-4-6-13(10-15)11-16(21)12-14-7-5-9-17(19)18(14)22-3/h4-10H,11-12,19H2,1-3H3. The quantitative estimate of drug-likeness (QED) is 0.833. The van der Waals surface area contributed by atoms with Crippen LogP contribution in [0.5, 0.6) is 5.75 Å². The second-order valence-corrected chi connectivity index (χ2v) is 5.50. The van der Waals surface area contributed by atoms with Gasteiger partial charge in [-0.3, -0.25) is 4.79 Å². The van der Waals surface area contributed by atoms with Crippen molar-refractivity contribution in [2.45, 2.75) is 12.8 Å². The maximum Gasteiger partial charge on any atom is 0.145 e. The third kappa shape index (κ3) is 3.79. The third-order valence-corrected chi connectivity index (χ3v) is 3.55. The maximum absolute atomic E-state index is 12.3. The molecule has 0 heterocycles. The number of para-hydroxylation sites is 1. The van der Waals surface area contributed by atoms with E-state index in [1.807, 2.05) is 55.4 Å². The molecule has 0 unspecified atom stereocenters.